The molecule has 0 fully saturated rings. The van der Waals surface area contributed by atoms with Crippen LogP contribution in [0.5, 0.6) is 5.75 Å². The molecule has 0 radical (unpaired) electrons. The fourth-order valence-electron chi connectivity index (χ4n) is 1.24. The molecule has 0 aliphatic carbocycles. The van der Waals surface area contributed by atoms with E-state index in [1.807, 2.05) is 6.07 Å². The molecule has 0 aromatic heterocycles. The lowest BCUT2D eigenvalue weighted by atomic mass is 9.88. The van der Waals surface area contributed by atoms with Crippen LogP contribution in [-0.2, 0) is 6.54 Å². The van der Waals surface area contributed by atoms with Gasteiger partial charge in [-0.1, -0.05) is 38.4 Å². The van der Waals surface area contributed by atoms with E-state index in [0.717, 1.165) is 12.1 Å². The fourth-order valence-corrected chi connectivity index (χ4v) is 1.44. The van der Waals surface area contributed by atoms with Crippen molar-refractivity contribution in [1.82, 2.24) is 5.32 Å². The predicted octanol–water partition coefficient (Wildman–Crippen LogP) is 3.57. The molecule has 0 aliphatic rings. The Morgan fingerprint density at radius 1 is 1.38 bits per heavy atom. The lowest BCUT2D eigenvalue weighted by molar-refractivity contribution is 0.285. The molecule has 0 bridgehead atoms. The quantitative estimate of drug-likeness (QED) is 0.848. The molecular weight excluding hydrogens is 222 g/mol. The molecule has 1 rings (SSSR count). The summed E-state index contributed by atoms with van der Waals surface area (Å²) < 4.78 is 0. The van der Waals surface area contributed by atoms with Gasteiger partial charge in [0.15, 0.2) is 0 Å². The molecule has 1 atom stereocenters. The topological polar surface area (TPSA) is 32.3 Å². The molecule has 0 saturated heterocycles. The van der Waals surface area contributed by atoms with Crippen molar-refractivity contribution in [3.63, 3.8) is 0 Å². The van der Waals surface area contributed by atoms with Crippen LogP contribution < -0.4 is 5.32 Å². The van der Waals surface area contributed by atoms with Gasteiger partial charge in [0.05, 0.1) is 5.02 Å². The molecule has 16 heavy (non-hydrogen) atoms. The largest absolute Gasteiger partial charge is 0.506 e. The number of phenolic OH excluding ortho intramolecular Hbond substituents is 1. The normalized spacial score (nSPS) is 13.8. The Morgan fingerprint density at radius 3 is 2.50 bits per heavy atom. The lowest BCUT2D eigenvalue weighted by Crippen LogP contribution is -2.37. The van der Waals surface area contributed by atoms with E-state index in [2.05, 4.69) is 33.0 Å². The molecule has 1 aromatic rings. The number of hydrogen-bond donors (Lipinski definition) is 2. The molecule has 90 valence electrons. The van der Waals surface area contributed by atoms with E-state index >= 15 is 0 Å². The number of nitrogens with one attached hydrogen (secondary N) is 1. The van der Waals surface area contributed by atoms with Gasteiger partial charge < -0.3 is 10.4 Å². The van der Waals surface area contributed by atoms with Crippen molar-refractivity contribution in [2.75, 3.05) is 0 Å². The highest BCUT2D eigenvalue weighted by Crippen LogP contribution is 2.24. The fraction of sp³-hybridized carbons (Fsp3) is 0.538. The first-order chi connectivity index (χ1) is 7.30. The van der Waals surface area contributed by atoms with Crippen LogP contribution in [0.2, 0.25) is 5.02 Å². The highest BCUT2D eigenvalue weighted by atomic mass is 35.5. The van der Waals surface area contributed by atoms with E-state index in [1.165, 1.54) is 0 Å². The van der Waals surface area contributed by atoms with Crippen molar-refractivity contribution in [3.05, 3.63) is 28.8 Å². The zero-order chi connectivity index (χ0) is 12.3. The Balaban J connectivity index is 2.58. The molecule has 2 nitrogen and oxygen atoms in total. The van der Waals surface area contributed by atoms with Gasteiger partial charge in [0.2, 0.25) is 0 Å². The number of hydrogen-bond acceptors (Lipinski definition) is 2. The average molecular weight is 242 g/mol. The second kappa shape index (κ2) is 5.07. The predicted molar refractivity (Wildman–Crippen MR) is 68.9 cm³/mol. The second-order valence-corrected chi connectivity index (χ2v) is 5.66. The van der Waals surface area contributed by atoms with Gasteiger partial charge in [0.1, 0.15) is 5.75 Å². The summed E-state index contributed by atoms with van der Waals surface area (Å²) in [6.07, 6.45) is 0. The number of rotatable bonds is 3. The van der Waals surface area contributed by atoms with Gasteiger partial charge in [0, 0.05) is 12.6 Å². The third-order valence-electron chi connectivity index (χ3n) is 2.92. The first-order valence-electron chi connectivity index (χ1n) is 5.51. The Labute approximate surface area is 103 Å². The van der Waals surface area contributed by atoms with E-state index in [0.29, 0.717) is 11.1 Å². The first-order valence-corrected chi connectivity index (χ1v) is 5.89. The van der Waals surface area contributed by atoms with E-state index in [4.69, 9.17) is 11.6 Å². The molecule has 2 N–H and O–H groups in total. The van der Waals surface area contributed by atoms with Gasteiger partial charge in [-0.15, -0.1) is 0 Å². The number of phenols is 1. The minimum atomic E-state index is 0.134. The van der Waals surface area contributed by atoms with Crippen molar-refractivity contribution in [3.8, 4) is 5.75 Å². The van der Waals surface area contributed by atoms with Crippen molar-refractivity contribution < 1.29 is 5.11 Å². The van der Waals surface area contributed by atoms with E-state index < -0.39 is 0 Å². The van der Waals surface area contributed by atoms with Crippen LogP contribution in [0.4, 0.5) is 0 Å². The molecule has 1 aromatic carbocycles. The highest BCUT2D eigenvalue weighted by molar-refractivity contribution is 6.32. The molecule has 0 spiro atoms. The average Bonchev–Trinajstić information content (AvgIpc) is 2.18. The Kier molecular flexibility index (Phi) is 4.22. The van der Waals surface area contributed by atoms with Gasteiger partial charge in [-0.3, -0.25) is 0 Å². The summed E-state index contributed by atoms with van der Waals surface area (Å²) in [7, 11) is 0. The molecule has 0 saturated carbocycles. The Hall–Kier alpha value is -0.730. The highest BCUT2D eigenvalue weighted by Gasteiger charge is 2.18. The van der Waals surface area contributed by atoms with Crippen molar-refractivity contribution >= 4 is 11.6 Å². The minimum absolute atomic E-state index is 0.134. The summed E-state index contributed by atoms with van der Waals surface area (Å²) in [6.45, 7) is 9.54. The summed E-state index contributed by atoms with van der Waals surface area (Å²) in [5.41, 5.74) is 1.32. The maximum absolute atomic E-state index is 9.30. The number of halogens is 1. The second-order valence-electron chi connectivity index (χ2n) is 5.25. The third-order valence-corrected chi connectivity index (χ3v) is 3.23. The van der Waals surface area contributed by atoms with Gasteiger partial charge in [0.25, 0.3) is 0 Å². The summed E-state index contributed by atoms with van der Waals surface area (Å²) >= 11 is 5.84. The van der Waals surface area contributed by atoms with Crippen LogP contribution in [0.15, 0.2) is 18.2 Å². The maximum atomic E-state index is 9.30. The van der Waals surface area contributed by atoms with Crippen LogP contribution in [-0.4, -0.2) is 11.1 Å². The Bertz CT molecular complexity index is 357. The smallest absolute Gasteiger partial charge is 0.134 e. The Morgan fingerprint density at radius 2 is 2.00 bits per heavy atom. The number of aromatic hydroxyl groups is 1. The van der Waals surface area contributed by atoms with Gasteiger partial charge in [-0.05, 0) is 30.0 Å². The van der Waals surface area contributed by atoms with Crippen LogP contribution in [0.25, 0.3) is 0 Å². The SMILES string of the molecule is CC(NCc1ccc(O)c(Cl)c1)C(C)(C)C. The van der Waals surface area contributed by atoms with Crippen molar-refractivity contribution in [1.29, 1.82) is 0 Å². The standard InChI is InChI=1S/C13H20ClNO/c1-9(13(2,3)4)15-8-10-5-6-12(16)11(14)7-10/h5-7,9,15-16H,8H2,1-4H3. The third kappa shape index (κ3) is 3.69. The summed E-state index contributed by atoms with van der Waals surface area (Å²) in [6, 6.07) is 5.71. The molecule has 0 amide bonds. The van der Waals surface area contributed by atoms with Gasteiger partial charge in [-0.2, -0.15) is 0 Å². The van der Waals surface area contributed by atoms with E-state index in [1.54, 1.807) is 12.1 Å². The zero-order valence-electron chi connectivity index (χ0n) is 10.3. The monoisotopic (exact) mass is 241 g/mol. The van der Waals surface area contributed by atoms with E-state index in [-0.39, 0.29) is 11.2 Å². The number of benzene rings is 1. The van der Waals surface area contributed by atoms with Gasteiger partial charge in [-0.25, -0.2) is 0 Å². The van der Waals surface area contributed by atoms with Crippen molar-refractivity contribution in [2.24, 2.45) is 5.41 Å². The van der Waals surface area contributed by atoms with E-state index in [9.17, 15) is 5.11 Å². The van der Waals surface area contributed by atoms with Crippen LogP contribution in [0.3, 0.4) is 0 Å². The zero-order valence-corrected chi connectivity index (χ0v) is 11.1. The molecule has 0 heterocycles. The first kappa shape index (κ1) is 13.3. The van der Waals surface area contributed by atoms with Gasteiger partial charge >= 0.3 is 0 Å². The van der Waals surface area contributed by atoms with Crippen LogP contribution in [0, 0.1) is 5.41 Å². The summed E-state index contributed by atoms with van der Waals surface area (Å²) in [5, 5.41) is 13.1. The molecule has 1 unspecified atom stereocenters. The van der Waals surface area contributed by atoms with Crippen LogP contribution >= 0.6 is 11.6 Å². The summed E-state index contributed by atoms with van der Waals surface area (Å²) in [5.74, 6) is 0.134. The van der Waals surface area contributed by atoms with Crippen LogP contribution in [0.1, 0.15) is 33.3 Å². The summed E-state index contributed by atoms with van der Waals surface area (Å²) in [4.78, 5) is 0. The molecule has 3 heteroatoms. The molecular formula is C13H20ClNO. The minimum Gasteiger partial charge on any atom is -0.506 e. The maximum Gasteiger partial charge on any atom is 0.134 e. The lowest BCUT2D eigenvalue weighted by Gasteiger charge is -2.28. The molecule has 0 aliphatic heterocycles. The van der Waals surface area contributed by atoms with Crippen molar-refractivity contribution in [2.45, 2.75) is 40.3 Å².